The van der Waals surface area contributed by atoms with Gasteiger partial charge in [0.05, 0.1) is 29.3 Å². The number of amides is 2. The van der Waals surface area contributed by atoms with Crippen molar-refractivity contribution in [2.45, 2.75) is 95.8 Å². The van der Waals surface area contributed by atoms with Crippen molar-refractivity contribution in [3.8, 4) is 6.07 Å². The third-order valence-corrected chi connectivity index (χ3v) is 7.98. The quantitative estimate of drug-likeness (QED) is 0.292. The van der Waals surface area contributed by atoms with Crippen LogP contribution < -0.4 is 16.4 Å². The van der Waals surface area contributed by atoms with Crippen LogP contribution in [0.1, 0.15) is 88.2 Å². The van der Waals surface area contributed by atoms with Gasteiger partial charge >= 0.3 is 0 Å². The first-order chi connectivity index (χ1) is 17.6. The minimum atomic E-state index is -3.42. The molecule has 0 saturated heterocycles. The molecule has 2 fully saturated rings. The minimum absolute atomic E-state index is 0.00873. The highest BCUT2D eigenvalue weighted by Gasteiger charge is 2.38. The van der Waals surface area contributed by atoms with Gasteiger partial charge in [0.15, 0.2) is 0 Å². The molecule has 10 heteroatoms. The Labute approximate surface area is 215 Å². The van der Waals surface area contributed by atoms with Gasteiger partial charge in [-0.15, -0.1) is 0 Å². The van der Waals surface area contributed by atoms with Gasteiger partial charge in [-0.05, 0) is 42.4 Å². The Morgan fingerprint density at radius 3 is 2.00 bits per heavy atom. The number of nitrogens with zero attached hydrogens (tertiary/aromatic N) is 1. The number of nitriles is 1. The van der Waals surface area contributed by atoms with E-state index < -0.39 is 42.3 Å². The van der Waals surface area contributed by atoms with Crippen LogP contribution in [0.15, 0.2) is 12.1 Å². The number of nitrogens with two attached hydrogens (primary N) is 1. The van der Waals surface area contributed by atoms with E-state index in [9.17, 15) is 28.0 Å². The molecule has 4 N–H and O–H groups in total. The molecule has 0 radical (unpaired) electrons. The lowest BCUT2D eigenvalue weighted by Gasteiger charge is -2.40. The third kappa shape index (κ3) is 7.22. The Morgan fingerprint density at radius 2 is 1.51 bits per heavy atom. The zero-order valence-corrected chi connectivity index (χ0v) is 21.1. The first kappa shape index (κ1) is 28.9. The molecule has 3 atom stereocenters. The normalized spacial score (nSPS) is 19.8. The number of hydrogen-bond acceptors (Lipinski definition) is 4. The van der Waals surface area contributed by atoms with Crippen LogP contribution >= 0.6 is 0 Å². The van der Waals surface area contributed by atoms with Gasteiger partial charge in [0.1, 0.15) is 5.82 Å². The predicted molar refractivity (Wildman–Crippen MR) is 132 cm³/mol. The van der Waals surface area contributed by atoms with Crippen LogP contribution in [0.3, 0.4) is 0 Å². The SMILES string of the molecule is CC(C(=O)NC(F)C(F)F)c1cc(F)c(NC(=O)[C@@H](N)C(C2CCCCC2)C2CCCCC2)cc1C#N. The number of nitrogens with one attached hydrogen (secondary N) is 2. The van der Waals surface area contributed by atoms with Gasteiger partial charge < -0.3 is 16.4 Å². The Bertz CT molecular complexity index is 969. The zero-order valence-electron chi connectivity index (χ0n) is 21.1. The third-order valence-electron chi connectivity index (χ3n) is 7.98. The van der Waals surface area contributed by atoms with E-state index in [0.29, 0.717) is 11.8 Å². The molecule has 0 aromatic heterocycles. The fourth-order valence-corrected chi connectivity index (χ4v) is 6.00. The summed E-state index contributed by atoms with van der Waals surface area (Å²) in [6.45, 7) is 1.25. The molecule has 2 amide bonds. The molecule has 37 heavy (non-hydrogen) atoms. The summed E-state index contributed by atoms with van der Waals surface area (Å²) in [7, 11) is 0. The van der Waals surface area contributed by atoms with Crippen LogP contribution in [0, 0.1) is 34.9 Å². The molecule has 1 aromatic rings. The number of rotatable bonds is 9. The van der Waals surface area contributed by atoms with Crippen LogP contribution in [0.25, 0.3) is 0 Å². The van der Waals surface area contributed by atoms with E-state index in [1.165, 1.54) is 25.1 Å². The summed E-state index contributed by atoms with van der Waals surface area (Å²) >= 11 is 0. The van der Waals surface area contributed by atoms with Crippen molar-refractivity contribution in [2.75, 3.05) is 5.32 Å². The maximum atomic E-state index is 15.0. The molecule has 0 aliphatic heterocycles. The van der Waals surface area contributed by atoms with E-state index in [2.05, 4.69) is 5.32 Å². The van der Waals surface area contributed by atoms with E-state index in [1.807, 2.05) is 6.07 Å². The fourth-order valence-electron chi connectivity index (χ4n) is 6.00. The molecule has 6 nitrogen and oxygen atoms in total. The maximum Gasteiger partial charge on any atom is 0.287 e. The average Bonchev–Trinajstić information content (AvgIpc) is 2.90. The second kappa shape index (κ2) is 13.2. The summed E-state index contributed by atoms with van der Waals surface area (Å²) < 4.78 is 53.2. The van der Waals surface area contributed by atoms with Gasteiger partial charge in [-0.3, -0.25) is 9.59 Å². The Balaban J connectivity index is 1.79. The Hall–Kier alpha value is -2.67. The highest BCUT2D eigenvalue weighted by Crippen LogP contribution is 2.41. The first-order valence-electron chi connectivity index (χ1n) is 13.2. The van der Waals surface area contributed by atoms with Gasteiger partial charge in [0.25, 0.3) is 6.43 Å². The molecule has 2 aliphatic rings. The average molecular weight is 525 g/mol. The summed E-state index contributed by atoms with van der Waals surface area (Å²) in [5.41, 5.74) is 6.03. The predicted octanol–water partition coefficient (Wildman–Crippen LogP) is 5.52. The Morgan fingerprint density at radius 1 is 0.973 bits per heavy atom. The van der Waals surface area contributed by atoms with Crippen LogP contribution in [0.4, 0.5) is 23.2 Å². The largest absolute Gasteiger partial charge is 0.322 e. The van der Waals surface area contributed by atoms with E-state index in [1.54, 1.807) is 0 Å². The lowest BCUT2D eigenvalue weighted by molar-refractivity contribution is -0.126. The molecule has 0 bridgehead atoms. The number of anilines is 1. The van der Waals surface area contributed by atoms with Gasteiger partial charge in [-0.25, -0.2) is 17.6 Å². The summed E-state index contributed by atoms with van der Waals surface area (Å²) in [4.78, 5) is 25.4. The fraction of sp³-hybridized carbons (Fsp3) is 0.667. The van der Waals surface area contributed by atoms with Crippen molar-refractivity contribution in [3.05, 3.63) is 29.1 Å². The minimum Gasteiger partial charge on any atom is -0.322 e. The lowest BCUT2D eigenvalue weighted by Crippen LogP contribution is -2.48. The van der Waals surface area contributed by atoms with Crippen molar-refractivity contribution < 1.29 is 27.2 Å². The summed E-state index contributed by atoms with van der Waals surface area (Å²) in [5, 5.41) is 13.6. The molecule has 2 aliphatic carbocycles. The lowest BCUT2D eigenvalue weighted by atomic mass is 9.66. The number of benzene rings is 1. The Kier molecular flexibility index (Phi) is 10.3. The number of carbonyl (C=O) groups excluding carboxylic acids is 2. The van der Waals surface area contributed by atoms with Gasteiger partial charge in [-0.2, -0.15) is 5.26 Å². The molecular weight excluding hydrogens is 488 g/mol. The molecule has 204 valence electrons. The molecular formula is C27H36F4N4O2. The van der Waals surface area contributed by atoms with Crippen LogP contribution in [0.2, 0.25) is 0 Å². The monoisotopic (exact) mass is 524 g/mol. The molecule has 0 heterocycles. The first-order valence-corrected chi connectivity index (χ1v) is 13.2. The van der Waals surface area contributed by atoms with Gasteiger partial charge in [-0.1, -0.05) is 64.2 Å². The second-order valence-electron chi connectivity index (χ2n) is 10.4. The van der Waals surface area contributed by atoms with Crippen LogP contribution in [-0.2, 0) is 9.59 Å². The van der Waals surface area contributed by atoms with E-state index in [-0.39, 0.29) is 22.7 Å². The van der Waals surface area contributed by atoms with Gasteiger partial charge in [0.2, 0.25) is 18.1 Å². The van der Waals surface area contributed by atoms with Crippen molar-refractivity contribution in [3.63, 3.8) is 0 Å². The van der Waals surface area contributed by atoms with Crippen LogP contribution in [0.5, 0.6) is 0 Å². The highest BCUT2D eigenvalue weighted by molar-refractivity contribution is 5.95. The topological polar surface area (TPSA) is 108 Å². The molecule has 2 saturated carbocycles. The standard InChI is InChI=1S/C27H36F4N4O2/c1-15(26(36)35-25(31)24(29)30)19-13-20(28)21(12-18(19)14-32)34-27(37)23(33)22(16-8-4-2-5-9-16)17-10-6-3-7-11-17/h12-13,15-17,22-25H,2-11,33H2,1H3,(H,34,37)(H,35,36)/t15?,23-,25?/m0/s1. The second-order valence-corrected chi connectivity index (χ2v) is 10.4. The van der Waals surface area contributed by atoms with Crippen molar-refractivity contribution in [1.82, 2.24) is 5.32 Å². The van der Waals surface area contributed by atoms with Crippen LogP contribution in [-0.4, -0.2) is 30.6 Å². The summed E-state index contributed by atoms with van der Waals surface area (Å²) in [6, 6.07) is 2.98. The summed E-state index contributed by atoms with van der Waals surface area (Å²) in [6.07, 6.45) is 4.57. The van der Waals surface area contributed by atoms with Gasteiger partial charge in [0, 0.05) is 0 Å². The number of carbonyl (C=O) groups is 2. The van der Waals surface area contributed by atoms with Crippen molar-refractivity contribution in [2.24, 2.45) is 23.5 Å². The van der Waals surface area contributed by atoms with E-state index in [4.69, 9.17) is 5.73 Å². The molecule has 2 unspecified atom stereocenters. The summed E-state index contributed by atoms with van der Waals surface area (Å²) in [5.74, 6) is -3.17. The zero-order chi connectivity index (χ0) is 27.1. The molecule has 1 aromatic carbocycles. The number of halogens is 4. The van der Waals surface area contributed by atoms with Crippen molar-refractivity contribution in [1.29, 1.82) is 5.26 Å². The van der Waals surface area contributed by atoms with E-state index >= 15 is 4.39 Å². The smallest absolute Gasteiger partial charge is 0.287 e. The molecule has 3 rings (SSSR count). The number of alkyl halides is 3. The van der Waals surface area contributed by atoms with E-state index in [0.717, 1.165) is 63.5 Å². The maximum absolute atomic E-state index is 15.0. The van der Waals surface area contributed by atoms with Crippen molar-refractivity contribution >= 4 is 17.5 Å². The number of hydrogen-bond donors (Lipinski definition) is 3. The highest BCUT2D eigenvalue weighted by atomic mass is 19.3. The molecule has 0 spiro atoms.